The third kappa shape index (κ3) is 3.72. The molecule has 0 N–H and O–H groups in total. The standard InChI is InChI=1S/C14H14ClNO/c1-14(2,3)13(17)11(9-16)7-10-5-4-6-12(15)8-10/h4-8H,1-3H3/b11-7+. The molecule has 0 radical (unpaired) electrons. The molecule has 0 heterocycles. The van der Waals surface area contributed by atoms with Gasteiger partial charge in [0.15, 0.2) is 5.78 Å². The van der Waals surface area contributed by atoms with Crippen LogP contribution in [-0.4, -0.2) is 5.78 Å². The molecule has 0 amide bonds. The number of benzene rings is 1. The fourth-order valence-corrected chi connectivity index (χ4v) is 1.51. The van der Waals surface area contributed by atoms with E-state index in [1.165, 1.54) is 0 Å². The van der Waals surface area contributed by atoms with Gasteiger partial charge in [0.1, 0.15) is 6.07 Å². The second-order valence-electron chi connectivity index (χ2n) is 4.80. The Kier molecular flexibility index (Phi) is 4.09. The molecule has 0 saturated heterocycles. The van der Waals surface area contributed by atoms with Crippen LogP contribution in [0.25, 0.3) is 6.08 Å². The van der Waals surface area contributed by atoms with Gasteiger partial charge in [0.2, 0.25) is 0 Å². The average molecular weight is 248 g/mol. The molecular formula is C14H14ClNO. The van der Waals surface area contributed by atoms with Crippen LogP contribution in [-0.2, 0) is 4.79 Å². The van der Waals surface area contributed by atoms with Crippen molar-refractivity contribution in [2.24, 2.45) is 5.41 Å². The smallest absolute Gasteiger partial charge is 0.178 e. The number of hydrogen-bond acceptors (Lipinski definition) is 2. The molecule has 88 valence electrons. The van der Waals surface area contributed by atoms with E-state index in [9.17, 15) is 4.79 Å². The molecular weight excluding hydrogens is 234 g/mol. The van der Waals surface area contributed by atoms with Crippen molar-refractivity contribution in [3.05, 3.63) is 40.4 Å². The Morgan fingerprint density at radius 3 is 2.53 bits per heavy atom. The largest absolute Gasteiger partial charge is 0.293 e. The third-order valence-corrected chi connectivity index (χ3v) is 2.44. The monoisotopic (exact) mass is 247 g/mol. The maximum Gasteiger partial charge on any atom is 0.178 e. The van der Waals surface area contributed by atoms with E-state index in [4.69, 9.17) is 16.9 Å². The van der Waals surface area contributed by atoms with Gasteiger partial charge in [-0.05, 0) is 23.8 Å². The molecule has 0 atom stereocenters. The Labute approximate surface area is 107 Å². The number of halogens is 1. The number of ketones is 1. The topological polar surface area (TPSA) is 40.9 Å². The summed E-state index contributed by atoms with van der Waals surface area (Å²) in [6.45, 7) is 5.37. The van der Waals surface area contributed by atoms with Crippen LogP contribution in [0.2, 0.25) is 5.02 Å². The summed E-state index contributed by atoms with van der Waals surface area (Å²) in [7, 11) is 0. The second kappa shape index (κ2) is 5.16. The summed E-state index contributed by atoms with van der Waals surface area (Å²) in [6.07, 6.45) is 1.57. The number of nitriles is 1. The van der Waals surface area contributed by atoms with Crippen molar-refractivity contribution in [3.63, 3.8) is 0 Å². The van der Waals surface area contributed by atoms with Crippen molar-refractivity contribution in [1.82, 2.24) is 0 Å². The molecule has 0 saturated carbocycles. The lowest BCUT2D eigenvalue weighted by molar-refractivity contribution is -0.121. The highest BCUT2D eigenvalue weighted by Crippen LogP contribution is 2.22. The summed E-state index contributed by atoms with van der Waals surface area (Å²) >= 11 is 5.84. The highest BCUT2D eigenvalue weighted by molar-refractivity contribution is 6.30. The van der Waals surface area contributed by atoms with E-state index in [1.807, 2.05) is 6.07 Å². The minimum Gasteiger partial charge on any atom is -0.293 e. The zero-order valence-corrected chi connectivity index (χ0v) is 10.9. The summed E-state index contributed by atoms with van der Waals surface area (Å²) in [5, 5.41) is 9.60. The van der Waals surface area contributed by atoms with Gasteiger partial charge in [-0.2, -0.15) is 5.26 Å². The zero-order chi connectivity index (χ0) is 13.1. The summed E-state index contributed by atoms with van der Waals surface area (Å²) in [6, 6.07) is 9.00. The molecule has 3 heteroatoms. The first-order valence-corrected chi connectivity index (χ1v) is 5.64. The van der Waals surface area contributed by atoms with Gasteiger partial charge in [-0.25, -0.2) is 0 Å². The number of allylic oxidation sites excluding steroid dienone is 1. The molecule has 1 aromatic carbocycles. The van der Waals surface area contributed by atoms with E-state index < -0.39 is 5.41 Å². The Morgan fingerprint density at radius 1 is 1.41 bits per heavy atom. The van der Waals surface area contributed by atoms with E-state index in [2.05, 4.69) is 0 Å². The molecule has 0 bridgehead atoms. The summed E-state index contributed by atoms with van der Waals surface area (Å²) in [5.41, 5.74) is 0.353. The minimum atomic E-state index is -0.555. The number of carbonyl (C=O) groups excluding carboxylic acids is 1. The van der Waals surface area contributed by atoms with Crippen LogP contribution in [0.4, 0.5) is 0 Å². The highest BCUT2D eigenvalue weighted by Gasteiger charge is 2.24. The van der Waals surface area contributed by atoms with Crippen LogP contribution in [0.1, 0.15) is 26.3 Å². The first-order chi connectivity index (χ1) is 7.84. The van der Waals surface area contributed by atoms with Crippen LogP contribution in [0.3, 0.4) is 0 Å². The Hall–Kier alpha value is -1.59. The van der Waals surface area contributed by atoms with E-state index in [0.29, 0.717) is 5.02 Å². The summed E-state index contributed by atoms with van der Waals surface area (Å²) in [4.78, 5) is 12.0. The number of carbonyl (C=O) groups is 1. The molecule has 0 spiro atoms. The summed E-state index contributed by atoms with van der Waals surface area (Å²) < 4.78 is 0. The van der Waals surface area contributed by atoms with Crippen molar-refractivity contribution in [2.45, 2.75) is 20.8 Å². The summed E-state index contributed by atoms with van der Waals surface area (Å²) in [5.74, 6) is -0.167. The highest BCUT2D eigenvalue weighted by atomic mass is 35.5. The Bertz CT molecular complexity index is 504. The molecule has 17 heavy (non-hydrogen) atoms. The van der Waals surface area contributed by atoms with Crippen LogP contribution in [0.5, 0.6) is 0 Å². The molecule has 2 nitrogen and oxygen atoms in total. The van der Waals surface area contributed by atoms with Crippen molar-refractivity contribution in [2.75, 3.05) is 0 Å². The molecule has 0 fully saturated rings. The first-order valence-electron chi connectivity index (χ1n) is 5.27. The number of nitrogens with zero attached hydrogens (tertiary/aromatic N) is 1. The molecule has 0 unspecified atom stereocenters. The lowest BCUT2D eigenvalue weighted by Crippen LogP contribution is -2.21. The van der Waals surface area contributed by atoms with Crippen LogP contribution in [0.15, 0.2) is 29.8 Å². The number of Topliss-reactive ketones (excluding diaryl/α,β-unsaturated/α-hetero) is 1. The van der Waals surface area contributed by atoms with Gasteiger partial charge in [-0.3, -0.25) is 4.79 Å². The third-order valence-electron chi connectivity index (χ3n) is 2.21. The van der Waals surface area contributed by atoms with Gasteiger partial charge in [0, 0.05) is 10.4 Å². The van der Waals surface area contributed by atoms with Crippen molar-refractivity contribution < 1.29 is 4.79 Å². The van der Waals surface area contributed by atoms with E-state index in [-0.39, 0.29) is 11.4 Å². The van der Waals surface area contributed by atoms with Crippen molar-refractivity contribution in [3.8, 4) is 6.07 Å². The first kappa shape index (κ1) is 13.5. The second-order valence-corrected chi connectivity index (χ2v) is 5.24. The number of rotatable bonds is 2. The quantitative estimate of drug-likeness (QED) is 0.588. The van der Waals surface area contributed by atoms with Gasteiger partial charge in [-0.1, -0.05) is 44.5 Å². The fourth-order valence-electron chi connectivity index (χ4n) is 1.32. The molecule has 0 aliphatic heterocycles. The Balaban J connectivity index is 3.13. The molecule has 0 aliphatic rings. The van der Waals surface area contributed by atoms with E-state index in [0.717, 1.165) is 5.56 Å². The van der Waals surface area contributed by atoms with Gasteiger partial charge in [0.05, 0.1) is 5.57 Å². The van der Waals surface area contributed by atoms with E-state index >= 15 is 0 Å². The molecule has 0 aliphatic carbocycles. The molecule has 1 aromatic rings. The van der Waals surface area contributed by atoms with E-state index in [1.54, 1.807) is 51.1 Å². The predicted molar refractivity (Wildman–Crippen MR) is 69.5 cm³/mol. The van der Waals surface area contributed by atoms with Crippen LogP contribution < -0.4 is 0 Å². The van der Waals surface area contributed by atoms with Crippen molar-refractivity contribution in [1.29, 1.82) is 5.26 Å². The maximum absolute atomic E-state index is 12.0. The average Bonchev–Trinajstić information content (AvgIpc) is 2.24. The van der Waals surface area contributed by atoms with Gasteiger partial charge in [0.25, 0.3) is 0 Å². The lowest BCUT2D eigenvalue weighted by atomic mass is 9.86. The van der Waals surface area contributed by atoms with Gasteiger partial charge < -0.3 is 0 Å². The number of hydrogen-bond donors (Lipinski definition) is 0. The lowest BCUT2D eigenvalue weighted by Gasteiger charge is -2.15. The Morgan fingerprint density at radius 2 is 2.06 bits per heavy atom. The normalized spacial score (nSPS) is 12.1. The van der Waals surface area contributed by atoms with Gasteiger partial charge in [-0.15, -0.1) is 0 Å². The van der Waals surface area contributed by atoms with Gasteiger partial charge >= 0.3 is 0 Å². The van der Waals surface area contributed by atoms with Crippen molar-refractivity contribution >= 4 is 23.5 Å². The van der Waals surface area contributed by atoms with Crippen LogP contribution in [0, 0.1) is 16.7 Å². The maximum atomic E-state index is 12.0. The minimum absolute atomic E-state index is 0.153. The zero-order valence-electron chi connectivity index (χ0n) is 10.1. The van der Waals surface area contributed by atoms with Crippen LogP contribution >= 0.6 is 11.6 Å². The molecule has 0 aromatic heterocycles. The molecule has 1 rings (SSSR count). The predicted octanol–water partition coefficient (Wildman–Crippen LogP) is 3.86. The SMILES string of the molecule is CC(C)(C)C(=O)/C(C#N)=C/c1cccc(Cl)c1. The fraction of sp³-hybridized carbons (Fsp3) is 0.286.